The molecule has 7 nitrogen and oxygen atoms in total. The second-order valence-electron chi connectivity index (χ2n) is 5.65. The zero-order valence-electron chi connectivity index (χ0n) is 14.1. The van der Waals surface area contributed by atoms with Gasteiger partial charge < -0.3 is 5.32 Å². The Hall–Kier alpha value is -2.93. The number of amides is 1. The highest BCUT2D eigenvalue weighted by Gasteiger charge is 2.19. The number of carbonyl (C=O) groups excluding carboxylic acids is 1. The Balaban J connectivity index is 1.77. The minimum absolute atomic E-state index is 0.186. The maximum absolute atomic E-state index is 12.5. The van der Waals surface area contributed by atoms with Crippen molar-refractivity contribution >= 4 is 17.5 Å². The lowest BCUT2D eigenvalue weighted by atomic mass is 10.0. The Morgan fingerprint density at radius 3 is 2.69 bits per heavy atom. The van der Waals surface area contributed by atoms with E-state index in [1.54, 1.807) is 36.5 Å². The fourth-order valence-corrected chi connectivity index (χ4v) is 2.71. The lowest BCUT2D eigenvalue weighted by Crippen LogP contribution is -2.33. The number of hydrogen-bond acceptors (Lipinski definition) is 5. The molecule has 0 aliphatic heterocycles. The highest BCUT2D eigenvalue weighted by atomic mass is 35.5. The molecule has 0 radical (unpaired) electrons. The molecular formula is C18H17ClN4O3. The molecule has 2 aromatic heterocycles. The maximum atomic E-state index is 12.5. The van der Waals surface area contributed by atoms with E-state index in [0.29, 0.717) is 17.1 Å². The largest absolute Gasteiger partial charge is 0.442 e. The van der Waals surface area contributed by atoms with Crippen LogP contribution >= 0.6 is 11.6 Å². The van der Waals surface area contributed by atoms with Crippen molar-refractivity contribution in [2.45, 2.75) is 25.9 Å². The Labute approximate surface area is 154 Å². The van der Waals surface area contributed by atoms with Crippen LogP contribution in [0.2, 0.25) is 5.02 Å². The molecule has 8 heteroatoms. The molecule has 0 spiro atoms. The van der Waals surface area contributed by atoms with Gasteiger partial charge in [0.2, 0.25) is 11.7 Å². The van der Waals surface area contributed by atoms with E-state index in [0.717, 1.165) is 10.1 Å². The van der Waals surface area contributed by atoms with Crippen LogP contribution in [0.1, 0.15) is 24.9 Å². The van der Waals surface area contributed by atoms with Crippen LogP contribution in [0.25, 0.3) is 11.5 Å². The van der Waals surface area contributed by atoms with Gasteiger partial charge in [0.1, 0.15) is 12.2 Å². The third-order valence-electron chi connectivity index (χ3n) is 3.90. The number of hydrogen-bond donors (Lipinski definition) is 1. The predicted octanol–water partition coefficient (Wildman–Crippen LogP) is 2.82. The van der Waals surface area contributed by atoms with E-state index >= 15 is 0 Å². The number of benzene rings is 1. The second-order valence-corrected chi connectivity index (χ2v) is 6.09. The summed E-state index contributed by atoms with van der Waals surface area (Å²) in [6, 6.07) is 12.3. The first kappa shape index (κ1) is 17.9. The highest BCUT2D eigenvalue weighted by Crippen LogP contribution is 2.19. The number of pyridine rings is 1. The van der Waals surface area contributed by atoms with E-state index < -0.39 is 5.76 Å². The predicted molar refractivity (Wildman–Crippen MR) is 96.6 cm³/mol. The summed E-state index contributed by atoms with van der Waals surface area (Å²) in [5.74, 6) is -0.820. The molecule has 0 fully saturated rings. The number of carbonyl (C=O) groups is 1. The lowest BCUT2D eigenvalue weighted by Gasteiger charge is -2.17. The van der Waals surface area contributed by atoms with Gasteiger partial charge in [-0.05, 0) is 36.2 Å². The fraction of sp³-hybridized carbons (Fsp3) is 0.222. The van der Waals surface area contributed by atoms with Crippen LogP contribution in [-0.2, 0) is 11.3 Å². The summed E-state index contributed by atoms with van der Waals surface area (Å²) in [4.78, 5) is 28.5. The second kappa shape index (κ2) is 7.97. The minimum atomic E-state index is -0.708. The topological polar surface area (TPSA) is 90.0 Å². The highest BCUT2D eigenvalue weighted by molar-refractivity contribution is 6.30. The van der Waals surface area contributed by atoms with Crippen molar-refractivity contribution in [3.8, 4) is 11.5 Å². The van der Waals surface area contributed by atoms with Crippen molar-refractivity contribution in [1.82, 2.24) is 20.0 Å². The average molecular weight is 373 g/mol. The van der Waals surface area contributed by atoms with Gasteiger partial charge in [-0.15, -0.1) is 0 Å². The molecule has 2 heterocycles. The molecule has 0 saturated heterocycles. The Morgan fingerprint density at radius 1 is 1.27 bits per heavy atom. The monoisotopic (exact) mass is 372 g/mol. The van der Waals surface area contributed by atoms with Gasteiger partial charge in [0.05, 0.1) is 6.04 Å². The summed E-state index contributed by atoms with van der Waals surface area (Å²) in [6.45, 7) is 1.75. The molecule has 1 aromatic carbocycles. The normalized spacial score (nSPS) is 11.9. The summed E-state index contributed by atoms with van der Waals surface area (Å²) >= 11 is 5.90. The van der Waals surface area contributed by atoms with E-state index in [9.17, 15) is 9.59 Å². The zero-order valence-corrected chi connectivity index (χ0v) is 14.8. The minimum Gasteiger partial charge on any atom is -0.348 e. The van der Waals surface area contributed by atoms with Crippen molar-refractivity contribution < 1.29 is 9.32 Å². The van der Waals surface area contributed by atoms with Crippen LogP contribution in [-0.4, -0.2) is 20.6 Å². The Kier molecular flexibility index (Phi) is 5.48. The van der Waals surface area contributed by atoms with E-state index in [4.69, 9.17) is 16.1 Å². The number of halogens is 1. The van der Waals surface area contributed by atoms with Gasteiger partial charge in [-0.3, -0.25) is 14.3 Å². The van der Waals surface area contributed by atoms with Crippen molar-refractivity contribution in [3.05, 3.63) is 69.8 Å². The van der Waals surface area contributed by atoms with Gasteiger partial charge >= 0.3 is 5.76 Å². The van der Waals surface area contributed by atoms with Crippen LogP contribution in [0.4, 0.5) is 0 Å². The first-order valence-corrected chi connectivity index (χ1v) is 8.49. The molecule has 0 bridgehead atoms. The molecule has 1 amide bonds. The first-order chi connectivity index (χ1) is 12.6. The maximum Gasteiger partial charge on any atom is 0.442 e. The Morgan fingerprint density at radius 2 is 2.04 bits per heavy atom. The SMILES string of the molecule is CCC(NC(=O)Cn1c(-c2ccccn2)noc1=O)c1ccc(Cl)cc1. The standard InChI is InChI=1S/C18H17ClN4O3/c1-2-14(12-6-8-13(19)9-7-12)21-16(24)11-23-17(22-26-18(23)25)15-5-3-4-10-20-15/h3-10,14H,2,11H2,1H3,(H,21,24). The van der Waals surface area contributed by atoms with Crippen LogP contribution in [0.3, 0.4) is 0 Å². The van der Waals surface area contributed by atoms with E-state index in [1.807, 2.05) is 19.1 Å². The molecule has 26 heavy (non-hydrogen) atoms. The summed E-state index contributed by atoms with van der Waals surface area (Å²) in [6.07, 6.45) is 2.27. The smallest absolute Gasteiger partial charge is 0.348 e. The van der Waals surface area contributed by atoms with Gasteiger partial charge in [-0.1, -0.05) is 41.9 Å². The van der Waals surface area contributed by atoms with Gasteiger partial charge in [0.25, 0.3) is 0 Å². The molecule has 1 unspecified atom stereocenters. The van der Waals surface area contributed by atoms with E-state index in [2.05, 4.69) is 15.5 Å². The Bertz CT molecular complexity index is 935. The fourth-order valence-electron chi connectivity index (χ4n) is 2.59. The number of nitrogens with zero attached hydrogens (tertiary/aromatic N) is 3. The molecule has 0 aliphatic carbocycles. The first-order valence-electron chi connectivity index (χ1n) is 8.11. The number of rotatable bonds is 6. The van der Waals surface area contributed by atoms with Crippen molar-refractivity contribution in [1.29, 1.82) is 0 Å². The van der Waals surface area contributed by atoms with Gasteiger partial charge in [0.15, 0.2) is 0 Å². The van der Waals surface area contributed by atoms with Gasteiger partial charge in [-0.2, -0.15) is 0 Å². The number of nitrogens with one attached hydrogen (secondary N) is 1. The molecule has 3 rings (SSSR count). The zero-order chi connectivity index (χ0) is 18.5. The van der Waals surface area contributed by atoms with E-state index in [1.165, 1.54) is 0 Å². The van der Waals surface area contributed by atoms with E-state index in [-0.39, 0.29) is 24.3 Å². The average Bonchev–Trinajstić information content (AvgIpc) is 3.02. The van der Waals surface area contributed by atoms with Gasteiger partial charge in [-0.25, -0.2) is 9.36 Å². The van der Waals surface area contributed by atoms with Crippen LogP contribution in [0.15, 0.2) is 58.0 Å². The molecular weight excluding hydrogens is 356 g/mol. The van der Waals surface area contributed by atoms with Gasteiger partial charge in [0, 0.05) is 11.2 Å². The number of aromatic nitrogens is 3. The molecule has 3 aromatic rings. The summed E-state index contributed by atoms with van der Waals surface area (Å²) in [7, 11) is 0. The van der Waals surface area contributed by atoms with Crippen molar-refractivity contribution in [2.24, 2.45) is 0 Å². The molecule has 1 atom stereocenters. The van der Waals surface area contributed by atoms with Crippen molar-refractivity contribution in [3.63, 3.8) is 0 Å². The third-order valence-corrected chi connectivity index (χ3v) is 4.15. The molecule has 1 N–H and O–H groups in total. The third kappa shape index (κ3) is 4.00. The summed E-state index contributed by atoms with van der Waals surface area (Å²) in [5.41, 5.74) is 1.39. The molecule has 0 saturated carbocycles. The van der Waals surface area contributed by atoms with Crippen LogP contribution in [0.5, 0.6) is 0 Å². The van der Waals surface area contributed by atoms with Crippen LogP contribution < -0.4 is 11.1 Å². The summed E-state index contributed by atoms with van der Waals surface area (Å²) in [5, 5.41) is 7.27. The van der Waals surface area contributed by atoms with Crippen molar-refractivity contribution in [2.75, 3.05) is 0 Å². The van der Waals surface area contributed by atoms with Crippen LogP contribution in [0, 0.1) is 0 Å². The quantitative estimate of drug-likeness (QED) is 0.718. The molecule has 134 valence electrons. The molecule has 0 aliphatic rings. The lowest BCUT2D eigenvalue weighted by molar-refractivity contribution is -0.122. The summed E-state index contributed by atoms with van der Waals surface area (Å²) < 4.78 is 5.86.